The van der Waals surface area contributed by atoms with Crippen molar-refractivity contribution in [2.75, 3.05) is 13.2 Å². The summed E-state index contributed by atoms with van der Waals surface area (Å²) in [6, 6.07) is 0.697. The van der Waals surface area contributed by atoms with Gasteiger partial charge in [0.15, 0.2) is 0 Å². The Bertz CT molecular complexity index is 200. The second-order valence-electron chi connectivity index (χ2n) is 5.31. The first-order valence-corrected chi connectivity index (χ1v) is 5.40. The lowest BCUT2D eigenvalue weighted by Gasteiger charge is -2.44. The number of ether oxygens (including phenoxy) is 1. The Morgan fingerprint density at radius 2 is 2.08 bits per heavy atom. The highest BCUT2D eigenvalue weighted by atomic mass is 16.5. The molecule has 0 aliphatic carbocycles. The molecular weight excluding hydrogens is 162 g/mol. The molecule has 2 nitrogen and oxygen atoms in total. The van der Waals surface area contributed by atoms with Gasteiger partial charge in [-0.3, -0.25) is 4.90 Å². The molecule has 2 aliphatic rings. The monoisotopic (exact) mass is 183 g/mol. The molecule has 0 amide bonds. The van der Waals surface area contributed by atoms with Gasteiger partial charge in [0.2, 0.25) is 0 Å². The third kappa shape index (κ3) is 1.40. The van der Waals surface area contributed by atoms with Gasteiger partial charge >= 0.3 is 0 Å². The molecule has 2 heteroatoms. The van der Waals surface area contributed by atoms with Crippen LogP contribution in [0, 0.1) is 5.92 Å². The van der Waals surface area contributed by atoms with Crippen LogP contribution in [0.5, 0.6) is 0 Å². The zero-order valence-corrected chi connectivity index (χ0v) is 9.21. The van der Waals surface area contributed by atoms with E-state index in [4.69, 9.17) is 4.74 Å². The third-order valence-electron chi connectivity index (χ3n) is 4.05. The Balaban J connectivity index is 2.09. The highest BCUT2D eigenvalue weighted by Crippen LogP contribution is 2.36. The highest BCUT2D eigenvalue weighted by Gasteiger charge is 2.46. The average Bonchev–Trinajstić information content (AvgIpc) is 2.63. The van der Waals surface area contributed by atoms with Crippen LogP contribution >= 0.6 is 0 Å². The normalized spacial score (nSPS) is 34.8. The van der Waals surface area contributed by atoms with Crippen LogP contribution in [0.2, 0.25) is 0 Å². The number of hydrogen-bond acceptors (Lipinski definition) is 2. The molecule has 0 aromatic rings. The Kier molecular flexibility index (Phi) is 2.16. The van der Waals surface area contributed by atoms with Crippen LogP contribution in [-0.4, -0.2) is 35.7 Å². The van der Waals surface area contributed by atoms with Crippen LogP contribution in [0.15, 0.2) is 0 Å². The Hall–Kier alpha value is -0.0800. The average molecular weight is 183 g/mol. The van der Waals surface area contributed by atoms with E-state index >= 15 is 0 Å². The van der Waals surface area contributed by atoms with E-state index in [-0.39, 0.29) is 0 Å². The molecule has 0 aromatic carbocycles. The summed E-state index contributed by atoms with van der Waals surface area (Å²) < 4.78 is 5.62. The molecule has 2 unspecified atom stereocenters. The maximum absolute atomic E-state index is 5.62. The molecule has 0 radical (unpaired) electrons. The molecule has 2 saturated heterocycles. The Labute approximate surface area is 81.3 Å². The number of fused-ring (bicyclic) bond motifs is 2. The van der Waals surface area contributed by atoms with Gasteiger partial charge in [-0.05, 0) is 26.2 Å². The molecule has 2 heterocycles. The van der Waals surface area contributed by atoms with Gasteiger partial charge in [-0.1, -0.05) is 13.8 Å². The molecule has 13 heavy (non-hydrogen) atoms. The molecule has 0 spiro atoms. The van der Waals surface area contributed by atoms with Gasteiger partial charge in [0.05, 0.1) is 12.7 Å². The number of hydrogen-bond donors (Lipinski definition) is 0. The summed E-state index contributed by atoms with van der Waals surface area (Å²) >= 11 is 0. The van der Waals surface area contributed by atoms with Crippen LogP contribution in [0.25, 0.3) is 0 Å². The van der Waals surface area contributed by atoms with Gasteiger partial charge in [0.1, 0.15) is 0 Å². The number of rotatable bonds is 2. The Morgan fingerprint density at radius 3 is 2.46 bits per heavy atom. The van der Waals surface area contributed by atoms with Crippen molar-refractivity contribution < 1.29 is 4.74 Å². The lowest BCUT2D eigenvalue weighted by atomic mass is 9.88. The van der Waals surface area contributed by atoms with Crippen molar-refractivity contribution in [3.63, 3.8) is 0 Å². The van der Waals surface area contributed by atoms with Gasteiger partial charge in [-0.15, -0.1) is 0 Å². The van der Waals surface area contributed by atoms with Gasteiger partial charge < -0.3 is 4.74 Å². The van der Waals surface area contributed by atoms with Crippen molar-refractivity contribution in [3.05, 3.63) is 0 Å². The molecule has 76 valence electrons. The molecule has 2 rings (SSSR count). The van der Waals surface area contributed by atoms with Crippen LogP contribution < -0.4 is 0 Å². The summed E-state index contributed by atoms with van der Waals surface area (Å²) in [4.78, 5) is 2.64. The van der Waals surface area contributed by atoms with E-state index < -0.39 is 0 Å². The molecule has 0 saturated carbocycles. The standard InChI is InChI=1S/C11H21NO/c1-8(2)11(3,4)12-6-10-5-9(12)7-13-10/h8-10H,5-7H2,1-4H3. The van der Waals surface area contributed by atoms with Crippen LogP contribution in [0.1, 0.15) is 34.1 Å². The zero-order chi connectivity index (χ0) is 9.64. The van der Waals surface area contributed by atoms with Crippen molar-refractivity contribution in [3.8, 4) is 0 Å². The summed E-state index contributed by atoms with van der Waals surface area (Å²) in [7, 11) is 0. The molecule has 2 aliphatic heterocycles. The van der Waals surface area contributed by atoms with Gasteiger partial charge in [0.25, 0.3) is 0 Å². The van der Waals surface area contributed by atoms with E-state index in [0.29, 0.717) is 23.6 Å². The van der Waals surface area contributed by atoms with Gasteiger partial charge in [0, 0.05) is 18.1 Å². The second-order valence-corrected chi connectivity index (χ2v) is 5.31. The van der Waals surface area contributed by atoms with Crippen molar-refractivity contribution in [1.82, 2.24) is 4.90 Å². The van der Waals surface area contributed by atoms with Gasteiger partial charge in [-0.25, -0.2) is 0 Å². The van der Waals surface area contributed by atoms with Crippen LogP contribution in [-0.2, 0) is 4.74 Å². The van der Waals surface area contributed by atoms with E-state index in [0.717, 1.165) is 13.2 Å². The first-order valence-electron chi connectivity index (χ1n) is 5.40. The lowest BCUT2D eigenvalue weighted by molar-refractivity contribution is -0.0293. The van der Waals surface area contributed by atoms with E-state index in [1.165, 1.54) is 6.42 Å². The summed E-state index contributed by atoms with van der Waals surface area (Å²) in [5.41, 5.74) is 0.337. The molecule has 2 fully saturated rings. The zero-order valence-electron chi connectivity index (χ0n) is 9.21. The molecule has 0 N–H and O–H groups in total. The van der Waals surface area contributed by atoms with Crippen molar-refractivity contribution in [2.24, 2.45) is 5.92 Å². The van der Waals surface area contributed by atoms with Crippen molar-refractivity contribution in [1.29, 1.82) is 0 Å². The maximum atomic E-state index is 5.62. The van der Waals surface area contributed by atoms with Crippen LogP contribution in [0.4, 0.5) is 0 Å². The fraction of sp³-hybridized carbons (Fsp3) is 1.00. The van der Waals surface area contributed by atoms with Gasteiger partial charge in [-0.2, -0.15) is 0 Å². The first-order chi connectivity index (χ1) is 6.01. The fourth-order valence-electron chi connectivity index (χ4n) is 2.44. The summed E-state index contributed by atoms with van der Waals surface area (Å²) in [5.74, 6) is 0.715. The predicted octanol–water partition coefficient (Wildman–Crippen LogP) is 1.89. The summed E-state index contributed by atoms with van der Waals surface area (Å²) in [6.45, 7) is 11.5. The van der Waals surface area contributed by atoms with E-state index in [9.17, 15) is 0 Å². The largest absolute Gasteiger partial charge is 0.375 e. The topological polar surface area (TPSA) is 12.5 Å². The number of morpholine rings is 1. The second kappa shape index (κ2) is 2.96. The minimum atomic E-state index is 0.337. The minimum absolute atomic E-state index is 0.337. The third-order valence-corrected chi connectivity index (χ3v) is 4.05. The van der Waals surface area contributed by atoms with E-state index in [1.54, 1.807) is 0 Å². The quantitative estimate of drug-likeness (QED) is 0.648. The molecule has 2 atom stereocenters. The van der Waals surface area contributed by atoms with E-state index in [2.05, 4.69) is 32.6 Å². The van der Waals surface area contributed by atoms with Crippen molar-refractivity contribution in [2.45, 2.75) is 51.8 Å². The smallest absolute Gasteiger partial charge is 0.0718 e. The maximum Gasteiger partial charge on any atom is 0.0718 e. The number of nitrogens with zero attached hydrogens (tertiary/aromatic N) is 1. The lowest BCUT2D eigenvalue weighted by Crippen LogP contribution is -2.53. The summed E-state index contributed by atoms with van der Waals surface area (Å²) in [5, 5.41) is 0. The van der Waals surface area contributed by atoms with Crippen LogP contribution in [0.3, 0.4) is 0 Å². The molecular formula is C11H21NO. The number of likely N-dealkylation sites (tertiary alicyclic amines) is 1. The SMILES string of the molecule is CC(C)C(C)(C)N1CC2CC1CO2. The fourth-order valence-corrected chi connectivity index (χ4v) is 2.44. The summed E-state index contributed by atoms with van der Waals surface area (Å²) in [6.07, 6.45) is 1.79. The first kappa shape index (κ1) is 9.47. The molecule has 2 bridgehead atoms. The highest BCUT2D eigenvalue weighted by molar-refractivity contribution is 4.99. The van der Waals surface area contributed by atoms with Crippen molar-refractivity contribution >= 4 is 0 Å². The predicted molar refractivity (Wildman–Crippen MR) is 53.8 cm³/mol. The molecule has 0 aromatic heterocycles. The Morgan fingerprint density at radius 1 is 1.38 bits per heavy atom. The van der Waals surface area contributed by atoms with E-state index in [1.807, 2.05) is 0 Å². The minimum Gasteiger partial charge on any atom is -0.375 e.